The molecule has 3 aromatic rings. The fourth-order valence-electron chi connectivity index (χ4n) is 4.24. The van der Waals surface area contributed by atoms with Crippen LogP contribution in [0.15, 0.2) is 42.5 Å². The van der Waals surface area contributed by atoms with E-state index in [2.05, 4.69) is 21.4 Å². The number of rotatable bonds is 6. The van der Waals surface area contributed by atoms with Gasteiger partial charge in [0.25, 0.3) is 5.91 Å². The summed E-state index contributed by atoms with van der Waals surface area (Å²) in [5.74, 6) is 0.273. The number of fused-ring (bicyclic) bond motifs is 1. The van der Waals surface area contributed by atoms with Gasteiger partial charge in [-0.2, -0.15) is 5.10 Å². The molecule has 1 N–H and O–H groups in total. The Kier molecular flexibility index (Phi) is 6.30. The Bertz CT molecular complexity index is 1120. The first-order valence-corrected chi connectivity index (χ1v) is 10.7. The molecule has 1 aliphatic heterocycles. The molecule has 8 nitrogen and oxygen atoms in total. The second kappa shape index (κ2) is 9.30. The van der Waals surface area contributed by atoms with Crippen molar-refractivity contribution in [1.29, 1.82) is 0 Å². The number of carbonyl (C=O) groups is 2. The third kappa shape index (κ3) is 4.26. The van der Waals surface area contributed by atoms with Crippen LogP contribution in [0, 0.1) is 5.92 Å². The van der Waals surface area contributed by atoms with Gasteiger partial charge in [-0.3, -0.25) is 14.3 Å². The second-order valence-corrected chi connectivity index (χ2v) is 7.94. The number of amides is 1. The lowest BCUT2D eigenvalue weighted by Crippen LogP contribution is -2.39. The molecule has 0 bridgehead atoms. The number of methoxy groups -OCH3 is 2. The Morgan fingerprint density at radius 3 is 2.62 bits per heavy atom. The van der Waals surface area contributed by atoms with Crippen LogP contribution >= 0.6 is 0 Å². The average Bonchev–Trinajstić information content (AvgIpc) is 3.21. The molecular formula is C24H28N4O4. The Hall–Kier alpha value is -3.55. The summed E-state index contributed by atoms with van der Waals surface area (Å²) in [7, 11) is 4.68. The minimum absolute atomic E-state index is 0.130. The molecule has 1 unspecified atom stereocenters. The zero-order valence-electron chi connectivity index (χ0n) is 18.6. The number of nitrogens with one attached hydrogen (secondary N) is 1. The van der Waals surface area contributed by atoms with Crippen LogP contribution < -0.4 is 15.0 Å². The molecule has 1 saturated heterocycles. The summed E-state index contributed by atoms with van der Waals surface area (Å²) in [6.45, 7) is 2.01. The van der Waals surface area contributed by atoms with Crippen LogP contribution in [0.25, 0.3) is 10.9 Å². The summed E-state index contributed by atoms with van der Waals surface area (Å²) in [4.78, 5) is 26.7. The van der Waals surface area contributed by atoms with Crippen molar-refractivity contribution in [2.75, 3.05) is 39.3 Å². The molecule has 0 spiro atoms. The van der Waals surface area contributed by atoms with Gasteiger partial charge in [-0.15, -0.1) is 0 Å². The van der Waals surface area contributed by atoms with Crippen molar-refractivity contribution in [2.45, 2.75) is 19.4 Å². The van der Waals surface area contributed by atoms with Crippen molar-refractivity contribution in [2.24, 2.45) is 5.92 Å². The van der Waals surface area contributed by atoms with Gasteiger partial charge < -0.3 is 19.7 Å². The van der Waals surface area contributed by atoms with E-state index in [1.807, 2.05) is 41.1 Å². The van der Waals surface area contributed by atoms with Gasteiger partial charge in [0.1, 0.15) is 5.75 Å². The lowest BCUT2D eigenvalue weighted by atomic mass is 9.97. The number of carbonyl (C=O) groups excluding carboxylic acids is 2. The molecule has 32 heavy (non-hydrogen) atoms. The van der Waals surface area contributed by atoms with Gasteiger partial charge in [0.15, 0.2) is 5.69 Å². The third-order valence-electron chi connectivity index (χ3n) is 5.99. The highest BCUT2D eigenvalue weighted by Crippen LogP contribution is 2.29. The zero-order chi connectivity index (χ0) is 22.7. The van der Waals surface area contributed by atoms with Crippen molar-refractivity contribution in [1.82, 2.24) is 15.1 Å². The van der Waals surface area contributed by atoms with E-state index >= 15 is 0 Å². The molecule has 1 aliphatic rings. The largest absolute Gasteiger partial charge is 0.497 e. The molecule has 1 amide bonds. The number of hydrogen-bond acceptors (Lipinski definition) is 6. The number of nitrogens with zero attached hydrogens (tertiary/aromatic N) is 3. The maximum atomic E-state index is 12.4. The van der Waals surface area contributed by atoms with Crippen molar-refractivity contribution in [3.63, 3.8) is 0 Å². The van der Waals surface area contributed by atoms with Crippen molar-refractivity contribution in [3.05, 3.63) is 53.7 Å². The van der Waals surface area contributed by atoms with Crippen LogP contribution in [0.2, 0.25) is 0 Å². The number of ether oxygens (including phenoxy) is 2. The molecule has 8 heteroatoms. The van der Waals surface area contributed by atoms with E-state index in [0.717, 1.165) is 47.3 Å². The highest BCUT2D eigenvalue weighted by atomic mass is 16.5. The van der Waals surface area contributed by atoms with E-state index < -0.39 is 0 Å². The molecule has 2 heterocycles. The van der Waals surface area contributed by atoms with Crippen molar-refractivity contribution in [3.8, 4) is 5.75 Å². The molecule has 168 valence electrons. The van der Waals surface area contributed by atoms with Crippen LogP contribution in [0.4, 0.5) is 5.69 Å². The van der Waals surface area contributed by atoms with Crippen molar-refractivity contribution >= 4 is 28.5 Å². The van der Waals surface area contributed by atoms with Crippen LogP contribution in [0.5, 0.6) is 5.75 Å². The normalized spacial score (nSPS) is 16.1. The fraction of sp³-hybridized carbons (Fsp3) is 0.375. The van der Waals surface area contributed by atoms with Gasteiger partial charge in [0.2, 0.25) is 0 Å². The quantitative estimate of drug-likeness (QED) is 0.598. The van der Waals surface area contributed by atoms with E-state index in [4.69, 9.17) is 9.47 Å². The molecule has 0 radical (unpaired) electrons. The number of hydrogen-bond donors (Lipinski definition) is 1. The smallest absolute Gasteiger partial charge is 0.310 e. The molecule has 0 saturated carbocycles. The summed E-state index contributed by atoms with van der Waals surface area (Å²) in [6.07, 6.45) is 1.76. The van der Waals surface area contributed by atoms with Crippen LogP contribution in [-0.4, -0.2) is 56.0 Å². The van der Waals surface area contributed by atoms with E-state index in [9.17, 15) is 9.59 Å². The number of anilines is 1. The van der Waals surface area contributed by atoms with Crippen molar-refractivity contribution < 1.29 is 19.1 Å². The highest BCUT2D eigenvalue weighted by molar-refractivity contribution is 6.05. The number of piperidine rings is 1. The molecular weight excluding hydrogens is 408 g/mol. The molecule has 1 atom stereocenters. The SMILES string of the molecule is CNC(=O)c1nn(Cc2ccc(OC)cc2)c2cc(N3CCCC(C(=O)OC)C3)ccc12. The number of esters is 1. The fourth-order valence-corrected chi connectivity index (χ4v) is 4.24. The Balaban J connectivity index is 1.70. The molecule has 0 aliphatic carbocycles. The Morgan fingerprint density at radius 1 is 1.16 bits per heavy atom. The summed E-state index contributed by atoms with van der Waals surface area (Å²) >= 11 is 0. The first kappa shape index (κ1) is 21.7. The molecule has 1 aromatic heterocycles. The summed E-state index contributed by atoms with van der Waals surface area (Å²) in [5, 5.41) is 8.09. The van der Waals surface area contributed by atoms with Crippen LogP contribution in [0.3, 0.4) is 0 Å². The minimum atomic E-state index is -0.222. The average molecular weight is 437 g/mol. The number of aromatic nitrogens is 2. The minimum Gasteiger partial charge on any atom is -0.497 e. The zero-order valence-corrected chi connectivity index (χ0v) is 18.6. The number of benzene rings is 2. The maximum Gasteiger partial charge on any atom is 0.310 e. The third-order valence-corrected chi connectivity index (χ3v) is 5.99. The predicted molar refractivity (Wildman–Crippen MR) is 122 cm³/mol. The van der Waals surface area contributed by atoms with E-state index in [1.54, 1.807) is 14.2 Å². The lowest BCUT2D eigenvalue weighted by Gasteiger charge is -2.33. The first-order valence-electron chi connectivity index (χ1n) is 10.7. The summed E-state index contributed by atoms with van der Waals surface area (Å²) in [6, 6.07) is 13.8. The first-order chi connectivity index (χ1) is 15.5. The van der Waals surface area contributed by atoms with E-state index in [0.29, 0.717) is 18.8 Å². The summed E-state index contributed by atoms with van der Waals surface area (Å²) in [5.41, 5.74) is 3.32. The topological polar surface area (TPSA) is 85.7 Å². The van der Waals surface area contributed by atoms with Gasteiger partial charge in [-0.05, 0) is 48.7 Å². The molecule has 1 fully saturated rings. The van der Waals surface area contributed by atoms with E-state index in [-0.39, 0.29) is 17.8 Å². The Labute approximate surface area is 187 Å². The highest BCUT2D eigenvalue weighted by Gasteiger charge is 2.27. The van der Waals surface area contributed by atoms with Crippen LogP contribution in [-0.2, 0) is 16.1 Å². The van der Waals surface area contributed by atoms with Gasteiger partial charge in [-0.25, -0.2) is 0 Å². The van der Waals surface area contributed by atoms with Crippen LogP contribution in [0.1, 0.15) is 28.9 Å². The maximum absolute atomic E-state index is 12.4. The van der Waals surface area contributed by atoms with E-state index in [1.165, 1.54) is 7.11 Å². The Morgan fingerprint density at radius 2 is 1.94 bits per heavy atom. The molecule has 2 aromatic carbocycles. The van der Waals surface area contributed by atoms with Gasteiger partial charge >= 0.3 is 5.97 Å². The van der Waals surface area contributed by atoms with Gasteiger partial charge in [0, 0.05) is 31.2 Å². The standard InChI is InChI=1S/C24H28N4O4/c1-25-23(29)22-20-11-8-18(27-12-4-5-17(15-27)24(30)32-3)13-21(20)28(26-22)14-16-6-9-19(31-2)10-7-16/h6-11,13,17H,4-5,12,14-15H2,1-3H3,(H,25,29). The van der Waals surface area contributed by atoms with Gasteiger partial charge in [-0.1, -0.05) is 12.1 Å². The second-order valence-electron chi connectivity index (χ2n) is 7.94. The lowest BCUT2D eigenvalue weighted by molar-refractivity contribution is -0.145. The van der Waals surface area contributed by atoms with Gasteiger partial charge in [0.05, 0.1) is 32.2 Å². The molecule has 4 rings (SSSR count). The predicted octanol–water partition coefficient (Wildman–Crippen LogP) is 2.84. The summed E-state index contributed by atoms with van der Waals surface area (Å²) < 4.78 is 12.1. The monoisotopic (exact) mass is 436 g/mol.